The average Bonchev–Trinajstić information content (AvgIpc) is 3.18. The first-order valence-electron chi connectivity index (χ1n) is 7.08. The van der Waals surface area contributed by atoms with Crippen LogP contribution < -0.4 is 18.9 Å². The standard InChI is InChI=1S/C17H14O6/c1-19-10-5-3-9(4-6-10)14-11-7-12-15(22-8-21-12)16(20-2)13(11)17(18)23-14/h3-7,14H,8H2,1-2H3/t14-/m1/s1. The Hall–Kier alpha value is -2.89. The SMILES string of the molecule is COc1ccc([C@H]2OC(=O)c3c2cc2c(c3OC)OCO2)cc1. The van der Waals surface area contributed by atoms with E-state index < -0.39 is 12.1 Å². The zero-order valence-corrected chi connectivity index (χ0v) is 12.6. The van der Waals surface area contributed by atoms with E-state index in [0.717, 1.165) is 11.3 Å². The first-order chi connectivity index (χ1) is 11.2. The summed E-state index contributed by atoms with van der Waals surface area (Å²) in [5.74, 6) is 1.66. The molecular formula is C17H14O6. The van der Waals surface area contributed by atoms with Crippen LogP contribution in [0.25, 0.3) is 0 Å². The molecule has 6 nitrogen and oxygen atoms in total. The Labute approximate surface area is 132 Å². The number of esters is 1. The quantitative estimate of drug-likeness (QED) is 0.812. The highest BCUT2D eigenvalue weighted by molar-refractivity contribution is 5.99. The van der Waals surface area contributed by atoms with Gasteiger partial charge in [-0.2, -0.15) is 0 Å². The molecule has 0 saturated heterocycles. The molecule has 2 aliphatic rings. The van der Waals surface area contributed by atoms with Crippen molar-refractivity contribution in [3.63, 3.8) is 0 Å². The van der Waals surface area contributed by atoms with Crippen molar-refractivity contribution in [2.24, 2.45) is 0 Å². The van der Waals surface area contributed by atoms with Crippen LogP contribution in [0.1, 0.15) is 27.6 Å². The van der Waals surface area contributed by atoms with Gasteiger partial charge in [0.15, 0.2) is 17.6 Å². The van der Waals surface area contributed by atoms with Crippen molar-refractivity contribution >= 4 is 5.97 Å². The molecule has 2 aliphatic heterocycles. The van der Waals surface area contributed by atoms with Crippen molar-refractivity contribution in [1.82, 2.24) is 0 Å². The average molecular weight is 314 g/mol. The summed E-state index contributed by atoms with van der Waals surface area (Å²) >= 11 is 0. The minimum Gasteiger partial charge on any atom is -0.497 e. The van der Waals surface area contributed by atoms with Gasteiger partial charge in [-0.1, -0.05) is 12.1 Å². The van der Waals surface area contributed by atoms with Crippen molar-refractivity contribution in [2.45, 2.75) is 6.10 Å². The van der Waals surface area contributed by atoms with Crippen molar-refractivity contribution in [3.05, 3.63) is 47.0 Å². The van der Waals surface area contributed by atoms with Crippen LogP contribution in [0.5, 0.6) is 23.0 Å². The molecule has 2 heterocycles. The van der Waals surface area contributed by atoms with Crippen molar-refractivity contribution in [2.75, 3.05) is 21.0 Å². The fourth-order valence-electron chi connectivity index (χ4n) is 2.90. The van der Waals surface area contributed by atoms with Gasteiger partial charge in [-0.05, 0) is 23.8 Å². The number of hydrogen-bond donors (Lipinski definition) is 0. The third-order valence-corrected chi connectivity index (χ3v) is 3.98. The second-order valence-electron chi connectivity index (χ2n) is 5.17. The minimum absolute atomic E-state index is 0.108. The number of fused-ring (bicyclic) bond motifs is 2. The summed E-state index contributed by atoms with van der Waals surface area (Å²) in [5, 5.41) is 0. The lowest BCUT2D eigenvalue weighted by atomic mass is 9.97. The second-order valence-corrected chi connectivity index (χ2v) is 5.17. The van der Waals surface area contributed by atoms with Gasteiger partial charge in [-0.15, -0.1) is 0 Å². The van der Waals surface area contributed by atoms with E-state index in [4.69, 9.17) is 23.7 Å². The first kappa shape index (κ1) is 13.8. The summed E-state index contributed by atoms with van der Waals surface area (Å²) in [4.78, 5) is 12.3. The number of rotatable bonds is 3. The van der Waals surface area contributed by atoms with Crippen molar-refractivity contribution in [1.29, 1.82) is 0 Å². The van der Waals surface area contributed by atoms with E-state index in [-0.39, 0.29) is 6.79 Å². The maximum absolute atomic E-state index is 12.3. The highest BCUT2D eigenvalue weighted by Crippen LogP contribution is 2.50. The van der Waals surface area contributed by atoms with Gasteiger partial charge in [0.1, 0.15) is 11.3 Å². The molecule has 0 aliphatic carbocycles. The van der Waals surface area contributed by atoms with Crippen LogP contribution in [0.3, 0.4) is 0 Å². The van der Waals surface area contributed by atoms with Gasteiger partial charge >= 0.3 is 5.97 Å². The van der Waals surface area contributed by atoms with E-state index in [9.17, 15) is 4.79 Å². The first-order valence-corrected chi connectivity index (χ1v) is 7.08. The molecule has 23 heavy (non-hydrogen) atoms. The smallest absolute Gasteiger partial charge is 0.343 e. The van der Waals surface area contributed by atoms with E-state index in [1.54, 1.807) is 13.2 Å². The molecule has 0 spiro atoms. The Kier molecular flexibility index (Phi) is 3.04. The van der Waals surface area contributed by atoms with Crippen LogP contribution in [0.15, 0.2) is 30.3 Å². The fraction of sp³-hybridized carbons (Fsp3) is 0.235. The molecule has 0 N–H and O–H groups in total. The number of carbonyl (C=O) groups is 1. The topological polar surface area (TPSA) is 63.2 Å². The Bertz CT molecular complexity index is 781. The molecular weight excluding hydrogens is 300 g/mol. The highest BCUT2D eigenvalue weighted by atomic mass is 16.7. The number of cyclic esters (lactones) is 1. The molecule has 0 aromatic heterocycles. The Balaban J connectivity index is 1.84. The molecule has 1 atom stereocenters. The second kappa shape index (κ2) is 5.08. The molecule has 0 unspecified atom stereocenters. The van der Waals surface area contributed by atoms with Gasteiger partial charge < -0.3 is 23.7 Å². The van der Waals surface area contributed by atoms with Crippen LogP contribution in [0.4, 0.5) is 0 Å². The van der Waals surface area contributed by atoms with Gasteiger partial charge in [0, 0.05) is 5.56 Å². The van der Waals surface area contributed by atoms with Crippen LogP contribution in [0.2, 0.25) is 0 Å². The van der Waals surface area contributed by atoms with E-state index in [1.165, 1.54) is 7.11 Å². The van der Waals surface area contributed by atoms with Gasteiger partial charge in [0.2, 0.25) is 12.5 Å². The molecule has 0 fully saturated rings. The summed E-state index contributed by atoms with van der Waals surface area (Å²) in [5.41, 5.74) is 1.94. The Morgan fingerprint density at radius 1 is 1.09 bits per heavy atom. The maximum Gasteiger partial charge on any atom is 0.343 e. The monoisotopic (exact) mass is 314 g/mol. The van der Waals surface area contributed by atoms with Crippen LogP contribution >= 0.6 is 0 Å². The normalized spacial score (nSPS) is 17.7. The lowest BCUT2D eigenvalue weighted by molar-refractivity contribution is 0.0453. The van der Waals surface area contributed by atoms with E-state index in [2.05, 4.69) is 0 Å². The van der Waals surface area contributed by atoms with Gasteiger partial charge in [0.05, 0.1) is 14.2 Å². The molecule has 0 radical (unpaired) electrons. The molecule has 118 valence electrons. The molecule has 2 aromatic carbocycles. The van der Waals surface area contributed by atoms with Crippen LogP contribution in [-0.4, -0.2) is 27.0 Å². The molecule has 0 amide bonds. The molecule has 4 rings (SSSR count). The zero-order chi connectivity index (χ0) is 16.0. The third-order valence-electron chi connectivity index (χ3n) is 3.98. The summed E-state index contributed by atoms with van der Waals surface area (Å²) in [7, 11) is 3.09. The summed E-state index contributed by atoms with van der Waals surface area (Å²) < 4.78 is 26.9. The van der Waals surface area contributed by atoms with Gasteiger partial charge in [0.25, 0.3) is 0 Å². The molecule has 0 bridgehead atoms. The molecule has 2 aromatic rings. The van der Waals surface area contributed by atoms with Crippen LogP contribution in [0, 0.1) is 0 Å². The van der Waals surface area contributed by atoms with Crippen LogP contribution in [-0.2, 0) is 4.74 Å². The summed E-state index contributed by atoms with van der Waals surface area (Å²) in [6.07, 6.45) is -0.508. The third kappa shape index (κ3) is 1.98. The zero-order valence-electron chi connectivity index (χ0n) is 12.6. The lowest BCUT2D eigenvalue weighted by Crippen LogP contribution is -2.01. The van der Waals surface area contributed by atoms with E-state index in [1.807, 2.05) is 24.3 Å². The predicted octanol–water partition coefficient (Wildman–Crippen LogP) is 2.69. The molecule has 6 heteroatoms. The largest absolute Gasteiger partial charge is 0.497 e. The number of benzene rings is 2. The van der Waals surface area contributed by atoms with Gasteiger partial charge in [-0.25, -0.2) is 4.79 Å². The van der Waals surface area contributed by atoms with Crippen molar-refractivity contribution in [3.8, 4) is 23.0 Å². The van der Waals surface area contributed by atoms with E-state index in [0.29, 0.717) is 28.4 Å². The van der Waals surface area contributed by atoms with Crippen molar-refractivity contribution < 1.29 is 28.5 Å². The number of ether oxygens (including phenoxy) is 5. The fourth-order valence-corrected chi connectivity index (χ4v) is 2.90. The minimum atomic E-state index is -0.508. The Morgan fingerprint density at radius 3 is 2.57 bits per heavy atom. The highest BCUT2D eigenvalue weighted by Gasteiger charge is 2.39. The maximum atomic E-state index is 12.3. The van der Waals surface area contributed by atoms with Gasteiger partial charge in [-0.3, -0.25) is 0 Å². The summed E-state index contributed by atoms with van der Waals surface area (Å²) in [6.45, 7) is 0.108. The van der Waals surface area contributed by atoms with E-state index >= 15 is 0 Å². The summed E-state index contributed by atoms with van der Waals surface area (Å²) in [6, 6.07) is 9.16. The lowest BCUT2D eigenvalue weighted by Gasteiger charge is -2.13. The Morgan fingerprint density at radius 2 is 1.87 bits per heavy atom. The predicted molar refractivity (Wildman–Crippen MR) is 79.4 cm³/mol. The number of methoxy groups -OCH3 is 2. The number of hydrogen-bond acceptors (Lipinski definition) is 6. The molecule has 0 saturated carbocycles. The number of carbonyl (C=O) groups excluding carboxylic acids is 1.